The molecule has 1 amide bonds. The lowest BCUT2D eigenvalue weighted by Gasteiger charge is -2.13. The van der Waals surface area contributed by atoms with Crippen LogP contribution >= 0.6 is 23.2 Å². The molecule has 0 radical (unpaired) electrons. The zero-order chi connectivity index (χ0) is 19.3. The van der Waals surface area contributed by atoms with Crippen LogP contribution in [-0.4, -0.2) is 17.4 Å². The maximum atomic E-state index is 12.2. The molecule has 0 aromatic heterocycles. The quantitative estimate of drug-likeness (QED) is 0.408. The molecule has 0 aliphatic carbocycles. The number of carbonyl (C=O) groups is 1. The third-order valence-electron chi connectivity index (χ3n) is 3.53. The van der Waals surface area contributed by atoms with E-state index in [1.807, 2.05) is 0 Å². The maximum Gasteiger partial charge on any atom is 0.269 e. The first-order valence-corrected chi connectivity index (χ1v) is 8.34. The molecule has 0 spiro atoms. The van der Waals surface area contributed by atoms with E-state index in [4.69, 9.17) is 27.9 Å². The summed E-state index contributed by atoms with van der Waals surface area (Å²) in [5.74, 6) is -0.0885. The van der Waals surface area contributed by atoms with Gasteiger partial charge in [-0.2, -0.15) is 0 Å². The van der Waals surface area contributed by atoms with Crippen LogP contribution in [0.1, 0.15) is 11.1 Å². The number of allylic oxidation sites excluding steroid dienone is 1. The Morgan fingerprint density at radius 1 is 1.35 bits per heavy atom. The number of amides is 1. The van der Waals surface area contributed by atoms with Crippen LogP contribution in [0.4, 0.5) is 11.4 Å². The number of non-ortho nitro benzene ring substituents is 1. The van der Waals surface area contributed by atoms with E-state index in [-0.39, 0.29) is 12.3 Å². The zero-order valence-corrected chi connectivity index (χ0v) is 15.4. The number of anilines is 1. The molecule has 0 unspecified atom stereocenters. The SMILES string of the molecule is C=CCc1cc([N+](=O)[O-])ccc1OCC(=O)Nc1c(Cl)ccc(C)c1Cl. The van der Waals surface area contributed by atoms with Crippen molar-refractivity contribution >= 4 is 40.5 Å². The Kier molecular flexibility index (Phi) is 6.60. The molecule has 0 fully saturated rings. The normalized spacial score (nSPS) is 10.3. The molecule has 0 heterocycles. The highest BCUT2D eigenvalue weighted by atomic mass is 35.5. The minimum atomic E-state index is -0.495. The Labute approximate surface area is 160 Å². The number of hydrogen-bond donors (Lipinski definition) is 1. The van der Waals surface area contributed by atoms with Gasteiger partial charge in [0.2, 0.25) is 0 Å². The molecule has 0 saturated heterocycles. The Morgan fingerprint density at radius 3 is 2.73 bits per heavy atom. The molecule has 2 aromatic carbocycles. The molecule has 2 aromatic rings. The number of hydrogen-bond acceptors (Lipinski definition) is 4. The van der Waals surface area contributed by atoms with Crippen LogP contribution in [-0.2, 0) is 11.2 Å². The molecule has 136 valence electrons. The van der Waals surface area contributed by atoms with Crippen molar-refractivity contribution in [3.05, 3.63) is 74.3 Å². The van der Waals surface area contributed by atoms with Crippen LogP contribution < -0.4 is 10.1 Å². The number of aryl methyl sites for hydroxylation is 1. The first kappa shape index (κ1) is 19.8. The topological polar surface area (TPSA) is 81.5 Å². The van der Waals surface area contributed by atoms with Gasteiger partial charge in [-0.15, -0.1) is 6.58 Å². The zero-order valence-electron chi connectivity index (χ0n) is 13.9. The number of ether oxygens (including phenoxy) is 1. The van der Waals surface area contributed by atoms with Gasteiger partial charge in [0, 0.05) is 17.7 Å². The average molecular weight is 395 g/mol. The summed E-state index contributed by atoms with van der Waals surface area (Å²) in [7, 11) is 0. The number of nitrogens with zero attached hydrogens (tertiary/aromatic N) is 1. The van der Waals surface area contributed by atoms with Gasteiger partial charge in [-0.1, -0.05) is 35.3 Å². The minimum Gasteiger partial charge on any atom is -0.483 e. The van der Waals surface area contributed by atoms with Crippen molar-refractivity contribution < 1.29 is 14.5 Å². The van der Waals surface area contributed by atoms with Crippen molar-refractivity contribution in [2.75, 3.05) is 11.9 Å². The second-order valence-corrected chi connectivity index (χ2v) is 6.22. The van der Waals surface area contributed by atoms with Crippen molar-refractivity contribution in [2.24, 2.45) is 0 Å². The van der Waals surface area contributed by atoms with Crippen molar-refractivity contribution in [3.63, 3.8) is 0 Å². The first-order valence-electron chi connectivity index (χ1n) is 7.59. The van der Waals surface area contributed by atoms with Gasteiger partial charge in [-0.25, -0.2) is 0 Å². The first-order chi connectivity index (χ1) is 12.3. The molecule has 8 heteroatoms. The summed E-state index contributed by atoms with van der Waals surface area (Å²) in [6.45, 7) is 5.11. The number of halogens is 2. The largest absolute Gasteiger partial charge is 0.483 e. The third kappa shape index (κ3) is 4.74. The molecule has 0 saturated carbocycles. The van der Waals surface area contributed by atoms with Gasteiger partial charge in [-0.3, -0.25) is 14.9 Å². The highest BCUT2D eigenvalue weighted by Crippen LogP contribution is 2.33. The lowest BCUT2D eigenvalue weighted by Crippen LogP contribution is -2.21. The molecule has 2 rings (SSSR count). The number of carbonyl (C=O) groups excluding carboxylic acids is 1. The van der Waals surface area contributed by atoms with Gasteiger partial charge < -0.3 is 10.1 Å². The summed E-state index contributed by atoms with van der Waals surface area (Å²) in [6.07, 6.45) is 1.96. The number of nitro groups is 1. The van der Waals surface area contributed by atoms with Crippen LogP contribution in [0.3, 0.4) is 0 Å². The Hall–Kier alpha value is -2.57. The van der Waals surface area contributed by atoms with E-state index in [1.165, 1.54) is 18.2 Å². The smallest absolute Gasteiger partial charge is 0.269 e. The molecular weight excluding hydrogens is 379 g/mol. The fourth-order valence-electron chi connectivity index (χ4n) is 2.23. The molecule has 0 aliphatic heterocycles. The summed E-state index contributed by atoms with van der Waals surface area (Å²) < 4.78 is 5.50. The second kappa shape index (κ2) is 8.69. The third-order valence-corrected chi connectivity index (χ3v) is 4.33. The maximum absolute atomic E-state index is 12.2. The van der Waals surface area contributed by atoms with E-state index in [9.17, 15) is 14.9 Å². The molecular formula is C18H16Cl2N2O4. The summed E-state index contributed by atoms with van der Waals surface area (Å²) >= 11 is 12.2. The van der Waals surface area contributed by atoms with E-state index in [0.717, 1.165) is 5.56 Å². The molecule has 0 aliphatic rings. The standard InChI is InChI=1S/C18H16Cl2N2O4/c1-3-4-12-9-13(22(24)25)6-8-15(12)26-10-16(23)21-18-14(19)7-5-11(2)17(18)20/h3,5-9H,1,4,10H2,2H3,(H,21,23). The summed E-state index contributed by atoms with van der Waals surface area (Å²) in [5, 5.41) is 14.2. The number of nitro benzene ring substituents is 1. The lowest BCUT2D eigenvalue weighted by molar-refractivity contribution is -0.384. The van der Waals surface area contributed by atoms with E-state index in [1.54, 1.807) is 25.1 Å². The van der Waals surface area contributed by atoms with Crippen molar-refractivity contribution in [1.29, 1.82) is 0 Å². The van der Waals surface area contributed by atoms with Crippen LogP contribution in [0.25, 0.3) is 0 Å². The monoisotopic (exact) mass is 394 g/mol. The summed E-state index contributed by atoms with van der Waals surface area (Å²) in [4.78, 5) is 22.5. The van der Waals surface area contributed by atoms with E-state index < -0.39 is 10.8 Å². The highest BCUT2D eigenvalue weighted by molar-refractivity contribution is 6.40. The van der Waals surface area contributed by atoms with Crippen LogP contribution in [0.5, 0.6) is 5.75 Å². The van der Waals surface area contributed by atoms with Crippen LogP contribution in [0.15, 0.2) is 43.0 Å². The van der Waals surface area contributed by atoms with Crippen molar-refractivity contribution in [2.45, 2.75) is 13.3 Å². The fraction of sp³-hybridized carbons (Fsp3) is 0.167. The van der Waals surface area contributed by atoms with Gasteiger partial charge in [0.25, 0.3) is 11.6 Å². The predicted octanol–water partition coefficient (Wildman–Crippen LogP) is 4.96. The van der Waals surface area contributed by atoms with Crippen molar-refractivity contribution in [1.82, 2.24) is 0 Å². The summed E-state index contributed by atoms with van der Waals surface area (Å²) in [6, 6.07) is 7.54. The summed E-state index contributed by atoms with van der Waals surface area (Å²) in [5.41, 5.74) is 1.60. The molecule has 0 bridgehead atoms. The van der Waals surface area contributed by atoms with Crippen molar-refractivity contribution in [3.8, 4) is 5.75 Å². The number of benzene rings is 2. The predicted molar refractivity (Wildman–Crippen MR) is 102 cm³/mol. The van der Waals surface area contributed by atoms with E-state index >= 15 is 0 Å². The second-order valence-electron chi connectivity index (χ2n) is 5.43. The molecule has 0 atom stereocenters. The highest BCUT2D eigenvalue weighted by Gasteiger charge is 2.15. The van der Waals surface area contributed by atoms with Gasteiger partial charge in [0.15, 0.2) is 6.61 Å². The van der Waals surface area contributed by atoms with Gasteiger partial charge in [-0.05, 0) is 31.0 Å². The molecule has 26 heavy (non-hydrogen) atoms. The lowest BCUT2D eigenvalue weighted by atomic mass is 10.1. The van der Waals surface area contributed by atoms with Gasteiger partial charge in [0.1, 0.15) is 5.75 Å². The van der Waals surface area contributed by atoms with Gasteiger partial charge in [0.05, 0.1) is 20.7 Å². The molecule has 6 nitrogen and oxygen atoms in total. The van der Waals surface area contributed by atoms with Crippen LogP contribution in [0.2, 0.25) is 10.0 Å². The van der Waals surface area contributed by atoms with E-state index in [0.29, 0.717) is 33.5 Å². The fourth-order valence-corrected chi connectivity index (χ4v) is 2.69. The Bertz CT molecular complexity index is 869. The molecule has 1 N–H and O–H groups in total. The Morgan fingerprint density at radius 2 is 2.08 bits per heavy atom. The number of rotatable bonds is 7. The van der Waals surface area contributed by atoms with Crippen LogP contribution in [0, 0.1) is 17.0 Å². The van der Waals surface area contributed by atoms with Gasteiger partial charge >= 0.3 is 0 Å². The minimum absolute atomic E-state index is 0.0584. The average Bonchev–Trinajstić information content (AvgIpc) is 2.61. The Balaban J connectivity index is 2.11. The number of nitrogens with one attached hydrogen (secondary N) is 1. The van der Waals surface area contributed by atoms with E-state index in [2.05, 4.69) is 11.9 Å².